The Hall–Kier alpha value is -6.23. The Morgan fingerprint density at radius 1 is 1.00 bits per heavy atom. The fraction of sp³-hybridized carbons (Fsp3) is 0.295. The summed E-state index contributed by atoms with van der Waals surface area (Å²) in [7, 11) is 1.75. The number of ketones is 1. The van der Waals surface area contributed by atoms with Crippen LogP contribution >= 0.6 is 0 Å². The molecule has 2 aromatic carbocycles. The first-order valence-electron chi connectivity index (χ1n) is 18.8. The third-order valence-corrected chi connectivity index (χ3v) is 10.3. The predicted octanol–water partition coefficient (Wildman–Crippen LogP) is 7.62. The standard InChI is InChI=1S/C44H46N8O3/c1-5-6-7-8-12-15-37-39(53)23-32-22-31(18-21-36(32)40(49-37)30-13-10-9-11-14-30)42(54)47-34-19-16-28(2)38(24-34)52-27-33-25-46-43(50-41(33)51(4)44(52)55)48-35-20-17-29(3)45-26-35/h5-11,13-14,16-17,19-22,24-26,31,33,37,41H,12,15,18,23,27H2,1-4H3,(H,47,54)(H,48,50)/b6-5-,8-7-/t31?,33?,37-,41?/m1/s1. The van der Waals surface area contributed by atoms with E-state index in [2.05, 4.69) is 32.8 Å². The number of aliphatic imine (C=N–C) groups is 3. The van der Waals surface area contributed by atoms with Gasteiger partial charge in [0.2, 0.25) is 11.9 Å². The molecule has 4 atom stereocenters. The van der Waals surface area contributed by atoms with E-state index in [0.717, 1.165) is 45.8 Å². The van der Waals surface area contributed by atoms with Gasteiger partial charge in [-0.15, -0.1) is 0 Å². The maximum absolute atomic E-state index is 13.9. The number of aryl methyl sites for hydroxylation is 2. The number of pyridine rings is 1. The molecule has 1 aliphatic carbocycles. The predicted molar refractivity (Wildman–Crippen MR) is 220 cm³/mol. The number of urea groups is 1. The van der Waals surface area contributed by atoms with Crippen LogP contribution in [0.3, 0.4) is 0 Å². The number of nitrogens with zero attached hydrogens (tertiary/aromatic N) is 6. The summed E-state index contributed by atoms with van der Waals surface area (Å²) in [5.41, 5.74) is 7.36. The van der Waals surface area contributed by atoms with Crippen LogP contribution in [0.25, 0.3) is 0 Å². The number of Topliss-reactive ketones (excluding diaryl/α,β-unsaturated/α-hetero) is 1. The first-order chi connectivity index (χ1) is 26.7. The number of hydrogen-bond acceptors (Lipinski definition) is 8. The Labute approximate surface area is 322 Å². The van der Waals surface area contributed by atoms with Gasteiger partial charge in [-0.05, 0) is 81.0 Å². The third kappa shape index (κ3) is 8.31. The molecule has 0 spiro atoms. The molecule has 1 aromatic heterocycles. The second-order valence-electron chi connectivity index (χ2n) is 14.3. The highest BCUT2D eigenvalue weighted by Crippen LogP contribution is 2.35. The molecule has 4 heterocycles. The average molecular weight is 735 g/mol. The van der Waals surface area contributed by atoms with Gasteiger partial charge < -0.3 is 15.5 Å². The number of guanidine groups is 1. The van der Waals surface area contributed by atoms with Crippen LogP contribution in [0.2, 0.25) is 0 Å². The molecule has 0 radical (unpaired) electrons. The molecule has 1 saturated heterocycles. The van der Waals surface area contributed by atoms with Crippen molar-refractivity contribution in [2.45, 2.75) is 58.7 Å². The van der Waals surface area contributed by atoms with Gasteiger partial charge in [0.25, 0.3) is 0 Å². The fourth-order valence-corrected chi connectivity index (χ4v) is 7.31. The number of allylic oxidation sites excluding steroid dienone is 7. The number of carbonyl (C=O) groups is 3. The Kier molecular flexibility index (Phi) is 11.1. The molecule has 0 bridgehead atoms. The zero-order valence-corrected chi connectivity index (χ0v) is 31.6. The molecule has 3 unspecified atom stereocenters. The Morgan fingerprint density at radius 3 is 2.60 bits per heavy atom. The number of rotatable bonds is 9. The first-order valence-corrected chi connectivity index (χ1v) is 18.8. The molecular formula is C44H46N8O3. The minimum Gasteiger partial charge on any atom is -0.325 e. The van der Waals surface area contributed by atoms with Crippen molar-refractivity contribution in [3.63, 3.8) is 0 Å². The van der Waals surface area contributed by atoms with E-state index in [4.69, 9.17) is 9.98 Å². The Balaban J connectivity index is 1.06. The molecule has 55 heavy (non-hydrogen) atoms. The lowest BCUT2D eigenvalue weighted by Gasteiger charge is -2.43. The molecule has 3 aliphatic heterocycles. The lowest BCUT2D eigenvalue weighted by Crippen LogP contribution is -2.58. The summed E-state index contributed by atoms with van der Waals surface area (Å²) in [6, 6.07) is 18.7. The summed E-state index contributed by atoms with van der Waals surface area (Å²) in [5.74, 6) is -0.331. The van der Waals surface area contributed by atoms with Crippen LogP contribution in [0.5, 0.6) is 0 Å². The zero-order chi connectivity index (χ0) is 38.5. The lowest BCUT2D eigenvalue weighted by molar-refractivity contribution is -0.120. The van der Waals surface area contributed by atoms with E-state index in [-0.39, 0.29) is 30.1 Å². The lowest BCUT2D eigenvalue weighted by atomic mass is 9.84. The van der Waals surface area contributed by atoms with Crippen LogP contribution < -0.4 is 15.5 Å². The monoisotopic (exact) mass is 734 g/mol. The van der Waals surface area contributed by atoms with E-state index in [1.165, 1.54) is 0 Å². The van der Waals surface area contributed by atoms with Crippen LogP contribution in [0.15, 0.2) is 129 Å². The van der Waals surface area contributed by atoms with E-state index in [0.29, 0.717) is 36.7 Å². The summed E-state index contributed by atoms with van der Waals surface area (Å²) in [5, 5.41) is 6.29. The number of amides is 3. The molecule has 2 N–H and O–H groups in total. The summed E-state index contributed by atoms with van der Waals surface area (Å²) >= 11 is 0. The third-order valence-electron chi connectivity index (χ3n) is 10.3. The maximum Gasteiger partial charge on any atom is 0.325 e. The average Bonchev–Trinajstić information content (AvgIpc) is 3.33. The van der Waals surface area contributed by atoms with Gasteiger partial charge in [-0.1, -0.05) is 72.9 Å². The number of carbonyl (C=O) groups excluding carboxylic acids is 3. The fourth-order valence-electron chi connectivity index (χ4n) is 7.31. The van der Waals surface area contributed by atoms with Gasteiger partial charge >= 0.3 is 6.03 Å². The van der Waals surface area contributed by atoms with Gasteiger partial charge in [0.15, 0.2) is 5.78 Å². The highest BCUT2D eigenvalue weighted by molar-refractivity contribution is 6.18. The van der Waals surface area contributed by atoms with Crippen LogP contribution in [-0.4, -0.2) is 71.3 Å². The van der Waals surface area contributed by atoms with E-state index in [1.54, 1.807) is 23.0 Å². The van der Waals surface area contributed by atoms with Gasteiger partial charge in [0, 0.05) is 43.2 Å². The van der Waals surface area contributed by atoms with Crippen molar-refractivity contribution >= 4 is 52.7 Å². The summed E-state index contributed by atoms with van der Waals surface area (Å²) in [6.07, 6.45) is 17.2. The van der Waals surface area contributed by atoms with Crippen LogP contribution in [0, 0.1) is 25.7 Å². The van der Waals surface area contributed by atoms with Gasteiger partial charge in [-0.2, -0.15) is 0 Å². The van der Waals surface area contributed by atoms with E-state index < -0.39 is 18.1 Å². The summed E-state index contributed by atoms with van der Waals surface area (Å²) in [6.45, 7) is 6.22. The van der Waals surface area contributed by atoms with Crippen LogP contribution in [0.1, 0.15) is 49.4 Å². The number of aromatic nitrogens is 1. The van der Waals surface area contributed by atoms with Crippen molar-refractivity contribution in [2.75, 3.05) is 29.1 Å². The number of nitrogens with one attached hydrogen (secondary N) is 2. The summed E-state index contributed by atoms with van der Waals surface area (Å²) < 4.78 is 0. The maximum atomic E-state index is 13.9. The highest BCUT2D eigenvalue weighted by atomic mass is 16.2. The normalized spacial score (nSPS) is 22.4. The molecule has 11 heteroatoms. The van der Waals surface area contributed by atoms with Crippen molar-refractivity contribution in [3.05, 3.63) is 131 Å². The smallest absolute Gasteiger partial charge is 0.325 e. The first kappa shape index (κ1) is 37.1. The Bertz CT molecular complexity index is 2180. The zero-order valence-electron chi connectivity index (χ0n) is 31.6. The number of anilines is 3. The van der Waals surface area contributed by atoms with Crippen molar-refractivity contribution in [2.24, 2.45) is 26.8 Å². The molecule has 3 amide bonds. The molecule has 11 nitrogen and oxygen atoms in total. The molecule has 3 aromatic rings. The SMILES string of the molecule is C/C=C\C=C/CC[C@H]1N=C(c2ccccc2)C2=CCC(C(=O)Nc3ccc(C)c(N4CC5C=NC(Nc6ccc(C)nc6)=NC5N(C)C4=O)c3)C=C2CC1=O. The summed E-state index contributed by atoms with van der Waals surface area (Å²) in [4.78, 5) is 63.3. The second-order valence-corrected chi connectivity index (χ2v) is 14.3. The van der Waals surface area contributed by atoms with Gasteiger partial charge in [-0.25, -0.2) is 14.8 Å². The minimum atomic E-state index is -0.480. The number of fused-ring (bicyclic) bond motifs is 2. The van der Waals surface area contributed by atoms with Crippen LogP contribution in [0.4, 0.5) is 21.9 Å². The van der Waals surface area contributed by atoms with Crippen LogP contribution in [-0.2, 0) is 9.59 Å². The Morgan fingerprint density at radius 2 is 1.82 bits per heavy atom. The molecule has 280 valence electrons. The molecule has 7 rings (SSSR count). The second kappa shape index (κ2) is 16.4. The number of hydrogen-bond donors (Lipinski definition) is 2. The van der Waals surface area contributed by atoms with Crippen molar-refractivity contribution < 1.29 is 14.4 Å². The highest BCUT2D eigenvalue weighted by Gasteiger charge is 2.40. The van der Waals surface area contributed by atoms with Crippen molar-refractivity contribution in [3.8, 4) is 0 Å². The van der Waals surface area contributed by atoms with Gasteiger partial charge in [0.1, 0.15) is 12.2 Å². The van der Waals surface area contributed by atoms with E-state index in [9.17, 15) is 14.4 Å². The topological polar surface area (TPSA) is 132 Å². The minimum absolute atomic E-state index is 0.0508. The van der Waals surface area contributed by atoms with Crippen molar-refractivity contribution in [1.29, 1.82) is 0 Å². The molecule has 4 aliphatic rings. The van der Waals surface area contributed by atoms with E-state index in [1.807, 2.05) is 112 Å². The quantitative estimate of drug-likeness (QED) is 0.219. The van der Waals surface area contributed by atoms with Gasteiger partial charge in [-0.3, -0.25) is 24.5 Å². The van der Waals surface area contributed by atoms with E-state index >= 15 is 0 Å². The molecule has 1 fully saturated rings. The largest absolute Gasteiger partial charge is 0.325 e. The molecular weight excluding hydrogens is 689 g/mol. The van der Waals surface area contributed by atoms with Crippen molar-refractivity contribution in [1.82, 2.24) is 9.88 Å². The van der Waals surface area contributed by atoms with Gasteiger partial charge in [0.05, 0.1) is 35.1 Å². The number of benzene rings is 2. The molecule has 0 saturated carbocycles.